The number of aliphatic hydroxyl groups excluding tert-OH is 1. The number of anilines is 1. The number of benzene rings is 2. The molecule has 2 aromatic heterocycles. The zero-order valence-electron chi connectivity index (χ0n) is 23.1. The van der Waals surface area contributed by atoms with Gasteiger partial charge in [0.25, 0.3) is 0 Å². The Kier molecular flexibility index (Phi) is 6.88. The number of carbonyl (C=O) groups excluding carboxylic acids is 2. The van der Waals surface area contributed by atoms with Gasteiger partial charge in [0.1, 0.15) is 23.9 Å². The summed E-state index contributed by atoms with van der Waals surface area (Å²) in [5, 5.41) is 15.6. The van der Waals surface area contributed by atoms with Gasteiger partial charge in [-0.3, -0.25) is 14.3 Å². The van der Waals surface area contributed by atoms with E-state index in [0.29, 0.717) is 28.7 Å². The number of hydrogen-bond donors (Lipinski definition) is 1. The van der Waals surface area contributed by atoms with Crippen molar-refractivity contribution in [3.05, 3.63) is 89.0 Å². The highest BCUT2D eigenvalue weighted by Crippen LogP contribution is 2.57. The third-order valence-corrected chi connectivity index (χ3v) is 9.98. The molecule has 7 nitrogen and oxygen atoms in total. The first-order valence-electron chi connectivity index (χ1n) is 13.5. The highest BCUT2D eigenvalue weighted by molar-refractivity contribution is 7.22. The fourth-order valence-corrected chi connectivity index (χ4v) is 7.70. The molecule has 0 saturated carbocycles. The number of amides is 2. The highest BCUT2D eigenvalue weighted by Gasteiger charge is 2.62. The molecule has 0 radical (unpaired) electrons. The molecular formula is C32H30ClN3O4S. The average molecular weight is 588 g/mol. The van der Waals surface area contributed by atoms with Crippen molar-refractivity contribution < 1.29 is 19.4 Å². The van der Waals surface area contributed by atoms with E-state index < -0.39 is 11.3 Å². The molecule has 1 aliphatic heterocycles. The SMILES string of the molecule is C=CC1=CC[C@H]2C(=O)N(c3cc(-c4sc5ccc(Cl)cc5c4C)nn3C)C(=O)[C@@]2(C)[C@H]1c1ccc(OCCO)cc1. The maximum absolute atomic E-state index is 14.4. The molecule has 0 spiro atoms. The average Bonchev–Trinajstić information content (AvgIpc) is 3.56. The number of nitrogens with zero attached hydrogens (tertiary/aromatic N) is 3. The molecule has 1 N–H and O–H groups in total. The first kappa shape index (κ1) is 27.4. The molecule has 2 aromatic carbocycles. The first-order chi connectivity index (χ1) is 19.7. The number of fused-ring (bicyclic) bond motifs is 2. The van der Waals surface area contributed by atoms with Gasteiger partial charge in [-0.15, -0.1) is 11.3 Å². The second-order valence-corrected chi connectivity index (χ2v) is 12.2. The van der Waals surface area contributed by atoms with Gasteiger partial charge in [-0.1, -0.05) is 42.5 Å². The van der Waals surface area contributed by atoms with Crippen LogP contribution in [0.4, 0.5) is 5.82 Å². The first-order valence-corrected chi connectivity index (χ1v) is 14.7. The lowest BCUT2D eigenvalue weighted by Crippen LogP contribution is -2.41. The topological polar surface area (TPSA) is 84.7 Å². The van der Waals surface area contributed by atoms with Gasteiger partial charge in [0.2, 0.25) is 11.8 Å². The van der Waals surface area contributed by atoms with Gasteiger partial charge >= 0.3 is 0 Å². The van der Waals surface area contributed by atoms with E-state index in [1.165, 1.54) is 4.90 Å². The van der Waals surface area contributed by atoms with Crippen molar-refractivity contribution in [2.75, 3.05) is 18.1 Å². The van der Waals surface area contributed by atoms with Crippen LogP contribution in [0.2, 0.25) is 5.02 Å². The fraction of sp³-hybridized carbons (Fsp3) is 0.281. The molecule has 41 heavy (non-hydrogen) atoms. The van der Waals surface area contributed by atoms with Crippen molar-refractivity contribution >= 4 is 50.7 Å². The van der Waals surface area contributed by atoms with E-state index in [1.54, 1.807) is 29.1 Å². The summed E-state index contributed by atoms with van der Waals surface area (Å²) in [6.07, 6.45) is 4.25. The number of aliphatic hydroxyl groups is 1. The smallest absolute Gasteiger partial charge is 0.242 e. The Morgan fingerprint density at radius 3 is 2.68 bits per heavy atom. The summed E-state index contributed by atoms with van der Waals surface area (Å²) < 4.78 is 8.25. The Balaban J connectivity index is 1.39. The predicted octanol–water partition coefficient (Wildman–Crippen LogP) is 6.43. The number of aromatic nitrogens is 2. The maximum atomic E-state index is 14.4. The van der Waals surface area contributed by atoms with Gasteiger partial charge in [-0.25, -0.2) is 4.90 Å². The van der Waals surface area contributed by atoms with Crippen LogP contribution in [0.1, 0.15) is 30.4 Å². The molecule has 2 amide bonds. The minimum absolute atomic E-state index is 0.0769. The number of hydrogen-bond acceptors (Lipinski definition) is 6. The van der Waals surface area contributed by atoms with E-state index >= 15 is 0 Å². The van der Waals surface area contributed by atoms with Crippen LogP contribution < -0.4 is 9.64 Å². The van der Waals surface area contributed by atoms with Crippen molar-refractivity contribution in [2.45, 2.75) is 26.2 Å². The van der Waals surface area contributed by atoms with Gasteiger partial charge in [0.05, 0.1) is 22.8 Å². The van der Waals surface area contributed by atoms with E-state index in [9.17, 15) is 9.59 Å². The number of imide groups is 1. The summed E-state index contributed by atoms with van der Waals surface area (Å²) in [4.78, 5) is 30.7. The minimum Gasteiger partial charge on any atom is -0.491 e. The van der Waals surface area contributed by atoms with Crippen LogP contribution in [0.25, 0.3) is 20.7 Å². The Labute approximate surface area is 247 Å². The summed E-state index contributed by atoms with van der Waals surface area (Å²) >= 11 is 7.86. The second-order valence-electron chi connectivity index (χ2n) is 10.7. The van der Waals surface area contributed by atoms with E-state index in [1.807, 2.05) is 68.5 Å². The lowest BCUT2D eigenvalue weighted by molar-refractivity contribution is -0.127. The molecular weight excluding hydrogens is 558 g/mol. The molecule has 4 aromatic rings. The van der Waals surface area contributed by atoms with Crippen molar-refractivity contribution in [3.63, 3.8) is 0 Å². The van der Waals surface area contributed by atoms with Crippen LogP contribution >= 0.6 is 22.9 Å². The summed E-state index contributed by atoms with van der Waals surface area (Å²) in [5.41, 5.74) is 2.56. The third kappa shape index (κ3) is 4.24. The van der Waals surface area contributed by atoms with Gasteiger partial charge in [-0.05, 0) is 72.7 Å². The zero-order valence-corrected chi connectivity index (χ0v) is 24.6. The van der Waals surface area contributed by atoms with Crippen molar-refractivity contribution in [1.29, 1.82) is 0 Å². The second kappa shape index (κ2) is 10.3. The zero-order chi connectivity index (χ0) is 29.1. The number of aryl methyl sites for hydroxylation is 2. The third-order valence-electron chi connectivity index (χ3n) is 8.45. The summed E-state index contributed by atoms with van der Waals surface area (Å²) in [7, 11) is 1.76. The largest absolute Gasteiger partial charge is 0.491 e. The summed E-state index contributed by atoms with van der Waals surface area (Å²) in [6.45, 7) is 8.07. The van der Waals surface area contributed by atoms with Crippen LogP contribution in [-0.2, 0) is 16.6 Å². The summed E-state index contributed by atoms with van der Waals surface area (Å²) in [5.74, 6) is -0.290. The van der Waals surface area contributed by atoms with Gasteiger partial charge < -0.3 is 9.84 Å². The Morgan fingerprint density at radius 2 is 1.98 bits per heavy atom. The molecule has 1 fully saturated rings. The molecule has 9 heteroatoms. The van der Waals surface area contributed by atoms with E-state index in [4.69, 9.17) is 26.5 Å². The van der Waals surface area contributed by atoms with Crippen LogP contribution in [0, 0.1) is 18.3 Å². The molecule has 3 heterocycles. The number of allylic oxidation sites excluding steroid dienone is 3. The molecule has 1 aliphatic carbocycles. The van der Waals surface area contributed by atoms with Crippen LogP contribution in [-0.4, -0.2) is 39.9 Å². The Hall–Kier alpha value is -3.72. The monoisotopic (exact) mass is 587 g/mol. The van der Waals surface area contributed by atoms with Crippen LogP contribution in [0.5, 0.6) is 5.75 Å². The molecule has 210 valence electrons. The van der Waals surface area contributed by atoms with Crippen molar-refractivity contribution in [3.8, 4) is 16.3 Å². The van der Waals surface area contributed by atoms with Gasteiger partial charge in [0.15, 0.2) is 0 Å². The normalized spacial score (nSPS) is 22.3. The number of ether oxygens (including phenoxy) is 1. The lowest BCUT2D eigenvalue weighted by Gasteiger charge is -2.40. The van der Waals surface area contributed by atoms with E-state index in [2.05, 4.69) is 6.58 Å². The predicted molar refractivity (Wildman–Crippen MR) is 163 cm³/mol. The molecule has 3 atom stereocenters. The molecule has 0 bridgehead atoms. The highest BCUT2D eigenvalue weighted by atomic mass is 35.5. The van der Waals surface area contributed by atoms with Crippen LogP contribution in [0.3, 0.4) is 0 Å². The quantitative estimate of drug-likeness (QED) is 0.252. The Morgan fingerprint density at radius 1 is 1.22 bits per heavy atom. The minimum atomic E-state index is -1.02. The number of carbonyl (C=O) groups is 2. The molecule has 0 unspecified atom stereocenters. The summed E-state index contributed by atoms with van der Waals surface area (Å²) in [6, 6.07) is 15.1. The number of thiophene rings is 1. The molecule has 2 aliphatic rings. The van der Waals surface area contributed by atoms with Crippen molar-refractivity contribution in [2.24, 2.45) is 18.4 Å². The standard InChI is InChI=1S/C32H30ClN3O4S/c1-5-19-8-12-24-30(38)36(31(39)32(24,3)28(19)20-6-10-22(11-7-20)40-15-14-37)27-17-25(34-35(27)4)29-18(2)23-16-21(33)9-13-26(23)41-29/h5-11,13,16-17,24,28,37H,1,12,14-15H2,2-4H3/t24-,28+,32+/m0/s1. The van der Waals surface area contributed by atoms with Crippen LogP contribution in [0.15, 0.2) is 72.8 Å². The fourth-order valence-electron chi connectivity index (χ4n) is 6.38. The Bertz CT molecular complexity index is 1740. The number of halogens is 1. The lowest BCUT2D eigenvalue weighted by atomic mass is 9.60. The maximum Gasteiger partial charge on any atom is 0.242 e. The van der Waals surface area contributed by atoms with Gasteiger partial charge in [-0.2, -0.15) is 5.10 Å². The van der Waals surface area contributed by atoms with E-state index in [0.717, 1.165) is 31.7 Å². The van der Waals surface area contributed by atoms with E-state index in [-0.39, 0.29) is 30.9 Å². The van der Waals surface area contributed by atoms with Gasteiger partial charge in [0, 0.05) is 28.8 Å². The molecule has 1 saturated heterocycles. The number of rotatable bonds is 7. The molecule has 6 rings (SSSR count). The van der Waals surface area contributed by atoms with Crippen molar-refractivity contribution in [1.82, 2.24) is 9.78 Å².